The maximum atomic E-state index is 11.0. The van der Waals surface area contributed by atoms with Crippen LogP contribution in [0, 0.1) is 0 Å². The average molecular weight is 1670 g/mol. The van der Waals surface area contributed by atoms with E-state index in [-0.39, 0.29) is 11.3 Å². The molecule has 17 heterocycles. The molecule has 21 rings (SSSR count). The first-order valence-electron chi connectivity index (χ1n) is 41.3. The molecule has 30 heteroatoms. The van der Waals surface area contributed by atoms with Gasteiger partial charge in [-0.25, -0.2) is 94.3 Å². The molecule has 0 saturated carbocycles. The van der Waals surface area contributed by atoms with Crippen molar-refractivity contribution in [3.63, 3.8) is 0 Å². The van der Waals surface area contributed by atoms with E-state index in [0.717, 1.165) is 99.6 Å². The van der Waals surface area contributed by atoms with Crippen LogP contribution >= 0.6 is 0 Å². The smallest absolute Gasteiger partial charge is 0.343 e. The molecule has 4 aromatic carbocycles. The number of H-pyrrole nitrogens is 3. The molecule has 0 spiro atoms. The number of aryl methyl sites for hydroxylation is 4. The van der Waals surface area contributed by atoms with Crippen molar-refractivity contribution >= 4 is 122 Å². The zero-order valence-electron chi connectivity index (χ0n) is 75.4. The Morgan fingerprint density at radius 1 is 0.293 bits per heavy atom. The van der Waals surface area contributed by atoms with Crippen LogP contribution in [0.15, 0.2) is 295 Å². The van der Waals surface area contributed by atoms with Gasteiger partial charge in [-0.1, -0.05) is 199 Å². The monoisotopic (exact) mass is 1660 g/mol. The molecule has 17 aromatic heterocycles. The third-order valence-corrected chi connectivity index (χ3v) is 14.6. The van der Waals surface area contributed by atoms with Gasteiger partial charge in [0.15, 0.2) is 33.9 Å². The molecule has 0 aliphatic heterocycles. The molecule has 0 bridgehead atoms. The quantitative estimate of drug-likeness (QED) is 0.0937. The standard InChI is InChI=1S/C12H8N2.2C9H6O2.2C7H7N3.2C6H6N4.2C6H5N3.C5H4N4.10C2H6/c1-2-6-10-9(5-1)13-11-7-3-4-8-12(11)14-10;10-9-8-4-2-1-3-7(8)5-6-11-9;10-9-6-5-7-3-1-2-4-8(7)11-9;1-10-5-9-6-4-8-3-2-7(6)10;1-10-5-9-6-3-2-4-8-7(6)10;1-10-4-9-5-2-7-3-8-6(5)10;1-10-4-9-5-6(10)8-3-2-7-5;1-2-7-3-6-5(1)8-4-9-6;1-2-5-6(7-3-1)9-4-8-5;1-4-5(8-2-6-1)9-3-7-4;10*1-2/h1-8H;2*1-6H;2*2-5H,1H3;2*2-4H,1H3;1-4H,(H,8,9);1-4H,(H,7,8,9);1-3H,(H,6,7,8,9);10*1-2H3. The number of hydrogen-bond donors (Lipinski definition) is 3. The van der Waals surface area contributed by atoms with Gasteiger partial charge >= 0.3 is 11.3 Å². The van der Waals surface area contributed by atoms with Crippen molar-refractivity contribution in [1.29, 1.82) is 0 Å². The highest BCUT2D eigenvalue weighted by Gasteiger charge is 2.03. The minimum absolute atomic E-state index is 0.275. The number of benzene rings is 4. The first kappa shape index (κ1) is 104. The number of hydrogen-bond acceptors (Lipinski definition) is 23. The highest BCUT2D eigenvalue weighted by atomic mass is 16.4. The number of pyridine rings is 4. The molecule has 0 fully saturated rings. The largest absolute Gasteiger partial charge is 0.431 e. The van der Waals surface area contributed by atoms with Gasteiger partial charge < -0.3 is 42.1 Å². The fraction of sp³-hybridized carbons (Fsp3) is 0.258. The molecule has 0 radical (unpaired) electrons. The summed E-state index contributed by atoms with van der Waals surface area (Å²) in [6, 6.07) is 47.0. The zero-order valence-corrected chi connectivity index (χ0v) is 75.4. The Labute approximate surface area is 719 Å². The fourth-order valence-corrected chi connectivity index (χ4v) is 9.58. The van der Waals surface area contributed by atoms with Crippen LogP contribution in [0.4, 0.5) is 0 Å². The predicted molar refractivity (Wildman–Crippen MR) is 505 cm³/mol. The molecule has 123 heavy (non-hydrogen) atoms. The van der Waals surface area contributed by atoms with Gasteiger partial charge in [0.1, 0.15) is 40.3 Å². The predicted octanol–water partition coefficient (Wildman–Crippen LogP) is 21.6. The van der Waals surface area contributed by atoms with E-state index < -0.39 is 0 Å². The van der Waals surface area contributed by atoms with Gasteiger partial charge in [-0.15, -0.1) is 0 Å². The number of nitrogens with one attached hydrogen (secondary N) is 3. The van der Waals surface area contributed by atoms with Crippen LogP contribution in [0.25, 0.3) is 122 Å². The molecular weight excluding hydrogens is 1550 g/mol. The second-order valence-corrected chi connectivity index (χ2v) is 21.6. The number of aromatic nitrogens is 26. The Morgan fingerprint density at radius 3 is 1.35 bits per heavy atom. The average Bonchev–Trinajstić information content (AvgIpc) is 1.80. The summed E-state index contributed by atoms with van der Waals surface area (Å²) in [6.07, 6.45) is 33.4. The number of aromatic amines is 3. The number of para-hydroxylation sites is 5. The van der Waals surface area contributed by atoms with E-state index in [0.29, 0.717) is 22.3 Å². The highest BCUT2D eigenvalue weighted by molar-refractivity contribution is 5.86. The van der Waals surface area contributed by atoms with E-state index in [1.807, 2.05) is 306 Å². The summed E-state index contributed by atoms with van der Waals surface area (Å²) < 4.78 is 17.2. The zero-order chi connectivity index (χ0) is 91.0. The van der Waals surface area contributed by atoms with Gasteiger partial charge in [0, 0.05) is 76.8 Å². The minimum Gasteiger partial charge on any atom is -0.431 e. The lowest BCUT2D eigenvalue weighted by Crippen LogP contribution is -1.96. The molecule has 0 aliphatic rings. The maximum Gasteiger partial charge on any atom is 0.343 e. The number of rotatable bonds is 0. The third kappa shape index (κ3) is 33.8. The SMILES string of the molecule is CC.CC.CC.CC.CC.CC.CC.CC.CC.CC.Cn1cnc2cccnc21.Cn1cnc2cnccc21.Cn1cnc2cncnc21.Cn1cnc2nccnc21.O=c1ccc2ccccc2o1.O=c1occc2ccccc12.c1cc2nc[nH]c2cn1.c1ccc2nc3ccccc3nc2c1.c1cnc2nc[nH]c2c1.c1ncc2[nH]cnc2n1. The third-order valence-electron chi connectivity index (χ3n) is 14.6. The molecular formula is C93H120N26O4. The van der Waals surface area contributed by atoms with Crippen LogP contribution < -0.4 is 11.3 Å². The van der Waals surface area contributed by atoms with Crippen molar-refractivity contribution in [2.75, 3.05) is 0 Å². The van der Waals surface area contributed by atoms with Crippen LogP contribution in [0.1, 0.15) is 138 Å². The van der Waals surface area contributed by atoms with E-state index in [4.69, 9.17) is 4.42 Å². The van der Waals surface area contributed by atoms with Crippen molar-refractivity contribution in [2.24, 2.45) is 28.2 Å². The number of fused-ring (bicyclic) bond motifs is 11. The van der Waals surface area contributed by atoms with E-state index >= 15 is 0 Å². The fourth-order valence-electron chi connectivity index (χ4n) is 9.58. The highest BCUT2D eigenvalue weighted by Crippen LogP contribution is 2.16. The lowest BCUT2D eigenvalue weighted by Gasteiger charge is -1.98. The Bertz CT molecular complexity index is 5710. The second-order valence-electron chi connectivity index (χ2n) is 21.6. The summed E-state index contributed by atoms with van der Waals surface area (Å²) in [5.74, 6) is 0. The normalized spacial score (nSPS) is 9.20. The van der Waals surface area contributed by atoms with Gasteiger partial charge in [-0.3, -0.25) is 9.97 Å². The van der Waals surface area contributed by atoms with E-state index in [1.54, 1.807) is 131 Å². The summed E-state index contributed by atoms with van der Waals surface area (Å²) >= 11 is 0. The van der Waals surface area contributed by atoms with E-state index in [1.165, 1.54) is 25.0 Å². The van der Waals surface area contributed by atoms with Crippen LogP contribution in [0.5, 0.6) is 0 Å². The van der Waals surface area contributed by atoms with Gasteiger partial charge in [-0.05, 0) is 90.3 Å². The topological polar surface area (TPSA) is 372 Å². The molecule has 21 aromatic rings. The van der Waals surface area contributed by atoms with Crippen LogP contribution in [0.3, 0.4) is 0 Å². The molecule has 0 saturated heterocycles. The Kier molecular flexibility index (Phi) is 53.5. The van der Waals surface area contributed by atoms with E-state index in [9.17, 15) is 9.59 Å². The summed E-state index contributed by atoms with van der Waals surface area (Å²) in [5, 5.41) is 2.51. The van der Waals surface area contributed by atoms with Crippen molar-refractivity contribution in [2.45, 2.75) is 138 Å². The minimum atomic E-state index is -0.302. The van der Waals surface area contributed by atoms with Gasteiger partial charge in [0.25, 0.3) is 0 Å². The van der Waals surface area contributed by atoms with Gasteiger partial charge in [-0.2, -0.15) is 0 Å². The summed E-state index contributed by atoms with van der Waals surface area (Å²) in [5.41, 5.74) is 16.3. The Hall–Kier alpha value is -15.0. The number of imidazole rings is 7. The van der Waals surface area contributed by atoms with Crippen molar-refractivity contribution in [1.82, 2.24) is 128 Å². The summed E-state index contributed by atoms with van der Waals surface area (Å²) in [6.45, 7) is 40.0. The Balaban J connectivity index is 0.000000453. The molecule has 0 unspecified atom stereocenters. The molecule has 3 N–H and O–H groups in total. The molecule has 30 nitrogen and oxygen atoms in total. The van der Waals surface area contributed by atoms with Crippen molar-refractivity contribution in [3.05, 3.63) is 298 Å². The second kappa shape index (κ2) is 63.2. The van der Waals surface area contributed by atoms with Gasteiger partial charge in [0.2, 0.25) is 0 Å². The molecule has 0 atom stereocenters. The lowest BCUT2D eigenvalue weighted by atomic mass is 10.2. The summed E-state index contributed by atoms with van der Waals surface area (Å²) in [4.78, 5) is 107. The molecule has 646 valence electrons. The van der Waals surface area contributed by atoms with Crippen LogP contribution in [-0.2, 0) is 28.2 Å². The Morgan fingerprint density at radius 2 is 0.748 bits per heavy atom. The lowest BCUT2D eigenvalue weighted by molar-refractivity contribution is 0.519. The van der Waals surface area contributed by atoms with E-state index in [2.05, 4.69) is 114 Å². The van der Waals surface area contributed by atoms with Gasteiger partial charge in [0.05, 0.1) is 125 Å². The molecule has 0 amide bonds. The van der Waals surface area contributed by atoms with Crippen molar-refractivity contribution in [3.8, 4) is 0 Å². The first-order valence-corrected chi connectivity index (χ1v) is 41.3. The van der Waals surface area contributed by atoms with Crippen LogP contribution in [0.2, 0.25) is 0 Å². The number of nitrogens with zero attached hydrogens (tertiary/aromatic N) is 23. The maximum absolute atomic E-state index is 11.0. The van der Waals surface area contributed by atoms with Crippen molar-refractivity contribution < 1.29 is 8.83 Å². The van der Waals surface area contributed by atoms with Crippen LogP contribution in [-0.4, -0.2) is 128 Å². The molecule has 0 aliphatic carbocycles. The summed E-state index contributed by atoms with van der Waals surface area (Å²) in [7, 11) is 7.70. The first-order chi connectivity index (χ1) is 60.6.